The van der Waals surface area contributed by atoms with E-state index in [9.17, 15) is 4.79 Å². The predicted molar refractivity (Wildman–Crippen MR) is 77.4 cm³/mol. The third-order valence-electron chi connectivity index (χ3n) is 2.68. The lowest BCUT2D eigenvalue weighted by Gasteiger charge is -2.08. The van der Waals surface area contributed by atoms with E-state index >= 15 is 0 Å². The summed E-state index contributed by atoms with van der Waals surface area (Å²) in [5.74, 6) is -0.286. The van der Waals surface area contributed by atoms with Gasteiger partial charge in [-0.2, -0.15) is 0 Å². The first-order valence-corrected chi connectivity index (χ1v) is 6.55. The molecule has 0 aliphatic heterocycles. The minimum atomic E-state index is -0.955. The molecular formula is C14H13BrN2O2. The van der Waals surface area contributed by atoms with Crippen molar-refractivity contribution in [2.24, 2.45) is 0 Å². The maximum Gasteiger partial charge on any atom is 0.337 e. The van der Waals surface area contributed by atoms with Crippen LogP contribution in [-0.4, -0.2) is 16.1 Å². The molecule has 4 nitrogen and oxygen atoms in total. The number of rotatable bonds is 4. The van der Waals surface area contributed by atoms with E-state index in [2.05, 4.69) is 26.2 Å². The van der Waals surface area contributed by atoms with Crippen molar-refractivity contribution in [3.05, 3.63) is 57.7 Å². The number of hydrogen-bond acceptors (Lipinski definition) is 3. The van der Waals surface area contributed by atoms with Crippen molar-refractivity contribution in [1.29, 1.82) is 0 Å². The predicted octanol–water partition coefficient (Wildman–Crippen LogP) is 3.46. The summed E-state index contributed by atoms with van der Waals surface area (Å²) in [5.41, 5.74) is 1.86. The van der Waals surface area contributed by atoms with E-state index in [1.165, 1.54) is 0 Å². The zero-order valence-corrected chi connectivity index (χ0v) is 11.9. The average Bonchev–Trinajstić information content (AvgIpc) is 2.36. The third-order valence-corrected chi connectivity index (χ3v) is 3.17. The summed E-state index contributed by atoms with van der Waals surface area (Å²) >= 11 is 3.42. The number of hydrogen-bond donors (Lipinski definition) is 2. The average molecular weight is 321 g/mol. The van der Waals surface area contributed by atoms with Gasteiger partial charge in [0.05, 0.1) is 11.3 Å². The van der Waals surface area contributed by atoms with Crippen LogP contribution in [0.2, 0.25) is 0 Å². The molecule has 2 rings (SSSR count). The molecule has 2 N–H and O–H groups in total. The molecule has 0 aliphatic carbocycles. The Hall–Kier alpha value is -1.88. The van der Waals surface area contributed by atoms with Crippen molar-refractivity contribution in [2.75, 3.05) is 5.32 Å². The van der Waals surface area contributed by atoms with Crippen LogP contribution in [0, 0.1) is 6.92 Å². The number of carbonyl (C=O) groups is 1. The summed E-state index contributed by atoms with van der Waals surface area (Å²) in [6.07, 6.45) is 0. The molecule has 1 aromatic heterocycles. The molecule has 1 aromatic carbocycles. The minimum Gasteiger partial charge on any atom is -0.478 e. The van der Waals surface area contributed by atoms with Crippen LogP contribution in [0.5, 0.6) is 0 Å². The molecule has 0 amide bonds. The van der Waals surface area contributed by atoms with Gasteiger partial charge in [0.25, 0.3) is 0 Å². The van der Waals surface area contributed by atoms with Crippen molar-refractivity contribution < 1.29 is 9.90 Å². The lowest BCUT2D eigenvalue weighted by Crippen LogP contribution is -2.06. The Morgan fingerprint density at radius 1 is 1.37 bits per heavy atom. The van der Waals surface area contributed by atoms with Gasteiger partial charge in [0, 0.05) is 11.0 Å². The van der Waals surface area contributed by atoms with E-state index in [4.69, 9.17) is 5.11 Å². The van der Waals surface area contributed by atoms with Gasteiger partial charge in [-0.15, -0.1) is 0 Å². The van der Waals surface area contributed by atoms with Crippen molar-refractivity contribution in [2.45, 2.75) is 13.5 Å². The molecule has 2 aromatic rings. The molecule has 0 saturated heterocycles. The largest absolute Gasteiger partial charge is 0.478 e. The first-order valence-electron chi connectivity index (χ1n) is 5.75. The van der Waals surface area contributed by atoms with Crippen molar-refractivity contribution in [3.8, 4) is 0 Å². The van der Waals surface area contributed by atoms with E-state index in [-0.39, 0.29) is 5.56 Å². The molecule has 0 fully saturated rings. The molecular weight excluding hydrogens is 308 g/mol. The Balaban J connectivity index is 2.08. The Labute approximate surface area is 119 Å². The number of aryl methyl sites for hydroxylation is 1. The van der Waals surface area contributed by atoms with Gasteiger partial charge >= 0.3 is 5.97 Å². The maximum atomic E-state index is 10.9. The van der Waals surface area contributed by atoms with Crippen LogP contribution in [-0.2, 0) is 6.54 Å². The second kappa shape index (κ2) is 5.84. The molecule has 0 unspecified atom stereocenters. The summed E-state index contributed by atoms with van der Waals surface area (Å²) in [4.78, 5) is 15.1. The number of nitrogens with zero attached hydrogens (tertiary/aromatic N) is 1. The third kappa shape index (κ3) is 3.54. The van der Waals surface area contributed by atoms with Gasteiger partial charge in [-0.3, -0.25) is 0 Å². The molecule has 0 radical (unpaired) electrons. The van der Waals surface area contributed by atoms with Crippen LogP contribution < -0.4 is 5.32 Å². The molecule has 1 heterocycles. The molecule has 5 heteroatoms. The Morgan fingerprint density at radius 3 is 2.79 bits per heavy atom. The van der Waals surface area contributed by atoms with Gasteiger partial charge in [-0.25, -0.2) is 9.78 Å². The van der Waals surface area contributed by atoms with E-state index in [1.54, 1.807) is 19.1 Å². The fraction of sp³-hybridized carbons (Fsp3) is 0.143. The van der Waals surface area contributed by atoms with E-state index < -0.39 is 5.97 Å². The van der Waals surface area contributed by atoms with Crippen LogP contribution in [0.1, 0.15) is 21.6 Å². The number of pyridine rings is 1. The molecule has 98 valence electrons. The lowest BCUT2D eigenvalue weighted by atomic mass is 10.2. The smallest absolute Gasteiger partial charge is 0.337 e. The molecule has 0 aliphatic rings. The number of benzene rings is 1. The molecule has 0 spiro atoms. The van der Waals surface area contributed by atoms with Gasteiger partial charge in [0.2, 0.25) is 0 Å². The van der Waals surface area contributed by atoms with Crippen molar-refractivity contribution >= 4 is 27.7 Å². The van der Waals surface area contributed by atoms with E-state index in [0.717, 1.165) is 10.0 Å². The standard InChI is InChI=1S/C14H13BrN2O2/c1-9-12(14(18)19)5-6-13(17-9)16-8-10-3-2-4-11(15)7-10/h2-7H,8H2,1H3,(H,16,17)(H,18,19). The Morgan fingerprint density at radius 2 is 2.16 bits per heavy atom. The van der Waals surface area contributed by atoms with Gasteiger partial charge in [-0.1, -0.05) is 28.1 Å². The van der Waals surface area contributed by atoms with Crippen LogP contribution >= 0.6 is 15.9 Å². The highest BCUT2D eigenvalue weighted by Crippen LogP contribution is 2.14. The number of carboxylic acid groups (broad SMARTS) is 1. The SMILES string of the molecule is Cc1nc(NCc2cccc(Br)c2)ccc1C(=O)O. The number of nitrogens with one attached hydrogen (secondary N) is 1. The lowest BCUT2D eigenvalue weighted by molar-refractivity contribution is 0.0695. The molecule has 19 heavy (non-hydrogen) atoms. The fourth-order valence-corrected chi connectivity index (χ4v) is 2.17. The van der Waals surface area contributed by atoms with Gasteiger partial charge in [-0.05, 0) is 36.8 Å². The van der Waals surface area contributed by atoms with Crippen LogP contribution in [0.4, 0.5) is 5.82 Å². The Bertz CT molecular complexity index is 614. The van der Waals surface area contributed by atoms with Gasteiger partial charge < -0.3 is 10.4 Å². The van der Waals surface area contributed by atoms with Gasteiger partial charge in [0.15, 0.2) is 0 Å². The maximum absolute atomic E-state index is 10.9. The van der Waals surface area contributed by atoms with Crippen LogP contribution in [0.15, 0.2) is 40.9 Å². The number of carboxylic acids is 1. The van der Waals surface area contributed by atoms with Crippen LogP contribution in [0.25, 0.3) is 0 Å². The zero-order chi connectivity index (χ0) is 13.8. The summed E-state index contributed by atoms with van der Waals surface area (Å²) in [7, 11) is 0. The Kier molecular flexibility index (Phi) is 4.16. The highest BCUT2D eigenvalue weighted by molar-refractivity contribution is 9.10. The monoisotopic (exact) mass is 320 g/mol. The van der Waals surface area contributed by atoms with E-state index in [0.29, 0.717) is 18.1 Å². The fourth-order valence-electron chi connectivity index (χ4n) is 1.73. The van der Waals surface area contributed by atoms with Crippen molar-refractivity contribution in [1.82, 2.24) is 4.98 Å². The second-order valence-electron chi connectivity index (χ2n) is 4.12. The summed E-state index contributed by atoms with van der Waals surface area (Å²) in [6.45, 7) is 2.33. The second-order valence-corrected chi connectivity index (χ2v) is 5.03. The summed E-state index contributed by atoms with van der Waals surface area (Å²) < 4.78 is 1.03. The molecule has 0 atom stereocenters. The highest BCUT2D eigenvalue weighted by Gasteiger charge is 2.08. The normalized spacial score (nSPS) is 10.2. The topological polar surface area (TPSA) is 62.2 Å². The van der Waals surface area contributed by atoms with Crippen molar-refractivity contribution in [3.63, 3.8) is 0 Å². The quantitative estimate of drug-likeness (QED) is 0.905. The first-order chi connectivity index (χ1) is 9.06. The molecule has 0 bridgehead atoms. The first kappa shape index (κ1) is 13.5. The van der Waals surface area contributed by atoms with Crippen LogP contribution in [0.3, 0.4) is 0 Å². The zero-order valence-electron chi connectivity index (χ0n) is 10.4. The summed E-state index contributed by atoms with van der Waals surface area (Å²) in [6, 6.07) is 11.2. The number of aromatic carboxylic acids is 1. The number of halogens is 1. The molecule has 0 saturated carbocycles. The van der Waals surface area contributed by atoms with E-state index in [1.807, 2.05) is 24.3 Å². The summed E-state index contributed by atoms with van der Waals surface area (Å²) in [5, 5.41) is 12.1. The number of aromatic nitrogens is 1. The van der Waals surface area contributed by atoms with Gasteiger partial charge in [0.1, 0.15) is 5.82 Å². The number of anilines is 1. The highest BCUT2D eigenvalue weighted by atomic mass is 79.9. The minimum absolute atomic E-state index is 0.230.